The number of hydrogen-bond donors (Lipinski definition) is 1. The van der Waals surface area contributed by atoms with Crippen LogP contribution in [0.4, 0.5) is 16.0 Å². The van der Waals surface area contributed by atoms with Crippen molar-refractivity contribution in [2.45, 2.75) is 0 Å². The van der Waals surface area contributed by atoms with Crippen LogP contribution in [0.5, 0.6) is 0 Å². The minimum absolute atomic E-state index is 0.330. The number of rotatable bonds is 2. The molecule has 2 N–H and O–H groups in total. The molecule has 1 heterocycles. The van der Waals surface area contributed by atoms with Gasteiger partial charge in [-0.05, 0) is 34.1 Å². The summed E-state index contributed by atoms with van der Waals surface area (Å²) in [5.41, 5.74) is 9.18. The van der Waals surface area contributed by atoms with E-state index in [1.165, 1.54) is 6.07 Å². The van der Waals surface area contributed by atoms with Gasteiger partial charge in [-0.15, -0.1) is 0 Å². The van der Waals surface area contributed by atoms with Crippen LogP contribution in [0.25, 0.3) is 16.7 Å². The molecule has 0 amide bonds. The summed E-state index contributed by atoms with van der Waals surface area (Å²) in [4.78, 5) is 6.30. The van der Waals surface area contributed by atoms with Crippen molar-refractivity contribution in [3.05, 3.63) is 46.7 Å². The Morgan fingerprint density at radius 3 is 2.67 bits per heavy atom. The number of aromatic nitrogens is 2. The SMILES string of the molecule is CN(C)c1ccccc1-n1c(N)nc2cc(Br)c(F)cc21. The molecule has 3 aromatic rings. The van der Waals surface area contributed by atoms with E-state index in [9.17, 15) is 4.39 Å². The Labute approximate surface area is 130 Å². The molecule has 0 fully saturated rings. The number of halogens is 2. The Balaban J connectivity index is 2.35. The summed E-state index contributed by atoms with van der Waals surface area (Å²) in [6.45, 7) is 0. The van der Waals surface area contributed by atoms with E-state index >= 15 is 0 Å². The first kappa shape index (κ1) is 13.9. The minimum atomic E-state index is -0.342. The predicted molar refractivity (Wildman–Crippen MR) is 87.5 cm³/mol. The van der Waals surface area contributed by atoms with Gasteiger partial charge in [0.25, 0.3) is 0 Å². The standard InChI is InChI=1S/C15H14BrFN4/c1-20(2)12-5-3-4-6-13(12)21-14-8-10(17)9(16)7-11(14)19-15(21)18/h3-8H,1-2H3,(H2,18,19). The summed E-state index contributed by atoms with van der Waals surface area (Å²) in [6, 6.07) is 10.9. The number of para-hydroxylation sites is 2. The first-order valence-corrected chi connectivity index (χ1v) is 7.18. The van der Waals surface area contributed by atoms with Gasteiger partial charge in [-0.1, -0.05) is 12.1 Å². The quantitative estimate of drug-likeness (QED) is 0.769. The number of anilines is 2. The van der Waals surface area contributed by atoms with E-state index in [4.69, 9.17) is 5.73 Å². The van der Waals surface area contributed by atoms with Crippen molar-refractivity contribution in [1.82, 2.24) is 9.55 Å². The highest BCUT2D eigenvalue weighted by atomic mass is 79.9. The largest absolute Gasteiger partial charge is 0.376 e. The van der Waals surface area contributed by atoms with Gasteiger partial charge in [0.15, 0.2) is 0 Å². The Bertz CT molecular complexity index is 826. The topological polar surface area (TPSA) is 47.1 Å². The third kappa shape index (κ3) is 2.25. The van der Waals surface area contributed by atoms with E-state index in [0.717, 1.165) is 11.4 Å². The molecule has 0 aliphatic carbocycles. The van der Waals surface area contributed by atoms with E-state index in [1.54, 1.807) is 10.6 Å². The van der Waals surface area contributed by atoms with Crippen LogP contribution in [0, 0.1) is 5.82 Å². The normalized spacial score (nSPS) is 11.0. The van der Waals surface area contributed by atoms with Crippen molar-refractivity contribution < 1.29 is 4.39 Å². The van der Waals surface area contributed by atoms with E-state index in [2.05, 4.69) is 20.9 Å². The number of fused-ring (bicyclic) bond motifs is 1. The maximum Gasteiger partial charge on any atom is 0.206 e. The summed E-state index contributed by atoms with van der Waals surface area (Å²) in [6.07, 6.45) is 0. The molecule has 1 aromatic heterocycles. The molecule has 4 nitrogen and oxygen atoms in total. The van der Waals surface area contributed by atoms with Crippen molar-refractivity contribution >= 4 is 38.6 Å². The summed E-state index contributed by atoms with van der Waals surface area (Å²) in [7, 11) is 3.90. The molecule has 0 bridgehead atoms. The summed E-state index contributed by atoms with van der Waals surface area (Å²) in [5, 5.41) is 0. The first-order valence-electron chi connectivity index (χ1n) is 6.38. The van der Waals surface area contributed by atoms with Crippen LogP contribution in [0.2, 0.25) is 0 Å². The van der Waals surface area contributed by atoms with Crippen LogP contribution >= 0.6 is 15.9 Å². The maximum absolute atomic E-state index is 13.9. The van der Waals surface area contributed by atoms with Gasteiger partial charge in [0.05, 0.1) is 26.9 Å². The van der Waals surface area contributed by atoms with Crippen molar-refractivity contribution in [2.75, 3.05) is 24.7 Å². The van der Waals surface area contributed by atoms with Crippen molar-refractivity contribution in [2.24, 2.45) is 0 Å². The molecular weight excluding hydrogens is 335 g/mol. The number of nitrogens with two attached hydrogens (primary N) is 1. The highest BCUT2D eigenvalue weighted by Gasteiger charge is 2.15. The molecular formula is C15H14BrFN4. The molecule has 0 aliphatic heterocycles. The summed E-state index contributed by atoms with van der Waals surface area (Å²) < 4.78 is 16.0. The molecule has 0 saturated carbocycles. The lowest BCUT2D eigenvalue weighted by atomic mass is 10.2. The summed E-state index contributed by atoms with van der Waals surface area (Å²) >= 11 is 3.17. The number of nitrogens with zero attached hydrogens (tertiary/aromatic N) is 3. The van der Waals surface area contributed by atoms with Crippen LogP contribution in [0.15, 0.2) is 40.9 Å². The predicted octanol–water partition coefficient (Wildman–Crippen LogP) is 3.58. The Morgan fingerprint density at radius 1 is 1.24 bits per heavy atom. The lowest BCUT2D eigenvalue weighted by molar-refractivity contribution is 0.622. The molecule has 6 heteroatoms. The third-order valence-corrected chi connectivity index (χ3v) is 3.93. The molecule has 21 heavy (non-hydrogen) atoms. The zero-order valence-corrected chi connectivity index (χ0v) is 13.2. The van der Waals surface area contributed by atoms with Crippen molar-refractivity contribution in [1.29, 1.82) is 0 Å². The van der Waals surface area contributed by atoms with E-state index < -0.39 is 0 Å². The molecule has 108 valence electrons. The fourth-order valence-corrected chi connectivity index (χ4v) is 2.71. The molecule has 0 atom stereocenters. The molecule has 3 rings (SSSR count). The Morgan fingerprint density at radius 2 is 1.95 bits per heavy atom. The van der Waals surface area contributed by atoms with Crippen LogP contribution in [0.1, 0.15) is 0 Å². The molecule has 0 spiro atoms. The fraction of sp³-hybridized carbons (Fsp3) is 0.133. The van der Waals surface area contributed by atoms with Crippen LogP contribution < -0.4 is 10.6 Å². The molecule has 0 radical (unpaired) electrons. The van der Waals surface area contributed by atoms with Gasteiger partial charge in [-0.2, -0.15) is 0 Å². The van der Waals surface area contributed by atoms with E-state index in [1.807, 2.05) is 43.3 Å². The Hall–Kier alpha value is -2.08. The van der Waals surface area contributed by atoms with Crippen LogP contribution in [0.3, 0.4) is 0 Å². The molecule has 2 aromatic carbocycles. The fourth-order valence-electron chi connectivity index (χ4n) is 2.38. The highest BCUT2D eigenvalue weighted by molar-refractivity contribution is 9.10. The zero-order valence-electron chi connectivity index (χ0n) is 11.6. The second-order valence-electron chi connectivity index (χ2n) is 4.94. The van der Waals surface area contributed by atoms with Crippen molar-refractivity contribution in [3.63, 3.8) is 0 Å². The number of imidazole rings is 1. The highest BCUT2D eigenvalue weighted by Crippen LogP contribution is 2.31. The third-order valence-electron chi connectivity index (χ3n) is 3.33. The van der Waals surface area contributed by atoms with Gasteiger partial charge in [0.1, 0.15) is 5.82 Å². The van der Waals surface area contributed by atoms with Gasteiger partial charge < -0.3 is 10.6 Å². The second-order valence-corrected chi connectivity index (χ2v) is 5.80. The number of benzene rings is 2. The van der Waals surface area contributed by atoms with Gasteiger partial charge in [0.2, 0.25) is 5.95 Å². The average Bonchev–Trinajstić information content (AvgIpc) is 2.74. The maximum atomic E-state index is 13.9. The second kappa shape index (κ2) is 5.04. The van der Waals surface area contributed by atoms with Crippen LogP contribution in [-0.2, 0) is 0 Å². The van der Waals surface area contributed by atoms with E-state index in [-0.39, 0.29) is 5.82 Å². The van der Waals surface area contributed by atoms with Gasteiger partial charge in [0, 0.05) is 20.2 Å². The van der Waals surface area contributed by atoms with Gasteiger partial charge in [-0.25, -0.2) is 9.37 Å². The van der Waals surface area contributed by atoms with Crippen molar-refractivity contribution in [3.8, 4) is 5.69 Å². The Kier molecular flexibility index (Phi) is 3.33. The van der Waals surface area contributed by atoms with Gasteiger partial charge in [-0.3, -0.25) is 4.57 Å². The monoisotopic (exact) mass is 348 g/mol. The lowest BCUT2D eigenvalue weighted by Gasteiger charge is -2.18. The minimum Gasteiger partial charge on any atom is -0.376 e. The number of hydrogen-bond acceptors (Lipinski definition) is 3. The molecule has 0 aliphatic rings. The zero-order chi connectivity index (χ0) is 15.1. The average molecular weight is 349 g/mol. The smallest absolute Gasteiger partial charge is 0.206 e. The van der Waals surface area contributed by atoms with E-state index in [0.29, 0.717) is 21.5 Å². The van der Waals surface area contributed by atoms with Crippen LogP contribution in [-0.4, -0.2) is 23.6 Å². The van der Waals surface area contributed by atoms with Gasteiger partial charge >= 0.3 is 0 Å². The lowest BCUT2D eigenvalue weighted by Crippen LogP contribution is -2.13. The summed E-state index contributed by atoms with van der Waals surface area (Å²) in [5.74, 6) is -0.0113. The molecule has 0 saturated heterocycles. The number of nitrogen functional groups attached to an aromatic ring is 1. The molecule has 0 unspecified atom stereocenters. The first-order chi connectivity index (χ1) is 9.99.